The van der Waals surface area contributed by atoms with Gasteiger partial charge in [0.2, 0.25) is 0 Å². The molecule has 0 heterocycles. The molecule has 1 aromatic carbocycles. The highest BCUT2D eigenvalue weighted by Gasteiger charge is 2.24. The summed E-state index contributed by atoms with van der Waals surface area (Å²) in [7, 11) is 0. The fourth-order valence-corrected chi connectivity index (χ4v) is 1.80. The van der Waals surface area contributed by atoms with E-state index in [9.17, 15) is 14.7 Å². The quantitative estimate of drug-likeness (QED) is 0.784. The van der Waals surface area contributed by atoms with Crippen LogP contribution in [0.15, 0.2) is 42.5 Å². The molecule has 0 unspecified atom stereocenters. The molecule has 5 nitrogen and oxygen atoms in total. The van der Waals surface area contributed by atoms with Gasteiger partial charge in [-0.05, 0) is 19.4 Å². The van der Waals surface area contributed by atoms with Gasteiger partial charge in [-0.2, -0.15) is 0 Å². The minimum atomic E-state index is -1.09. The first-order valence-electron chi connectivity index (χ1n) is 6.43. The van der Waals surface area contributed by atoms with Gasteiger partial charge in [-0.15, -0.1) is 0 Å². The largest absolute Gasteiger partial charge is 0.479 e. The number of amides is 2. The van der Waals surface area contributed by atoms with Crippen molar-refractivity contribution in [3.63, 3.8) is 0 Å². The molecule has 2 amide bonds. The Morgan fingerprint density at radius 2 is 1.95 bits per heavy atom. The van der Waals surface area contributed by atoms with Crippen molar-refractivity contribution in [3.05, 3.63) is 48.0 Å². The zero-order valence-corrected chi connectivity index (χ0v) is 11.8. The van der Waals surface area contributed by atoms with Crippen LogP contribution in [0.25, 0.3) is 0 Å². The Balaban J connectivity index is 2.83. The number of carboxylic acid groups (broad SMARTS) is 1. The fourth-order valence-electron chi connectivity index (χ4n) is 1.80. The van der Waals surface area contributed by atoms with Crippen LogP contribution in [0.2, 0.25) is 0 Å². The van der Waals surface area contributed by atoms with E-state index in [-0.39, 0.29) is 0 Å². The van der Waals surface area contributed by atoms with Gasteiger partial charge >= 0.3 is 12.0 Å². The Hall–Kier alpha value is -2.30. The molecule has 0 saturated heterocycles. The van der Waals surface area contributed by atoms with Crippen molar-refractivity contribution >= 4 is 12.0 Å². The van der Waals surface area contributed by atoms with Gasteiger partial charge in [0.15, 0.2) is 6.04 Å². The molecule has 0 aliphatic carbocycles. The van der Waals surface area contributed by atoms with Crippen molar-refractivity contribution in [3.8, 4) is 0 Å². The number of hydrogen-bond donors (Lipinski definition) is 2. The molecule has 108 valence electrons. The topological polar surface area (TPSA) is 69.6 Å². The Kier molecular flexibility index (Phi) is 5.77. The van der Waals surface area contributed by atoms with E-state index in [1.165, 1.54) is 4.90 Å². The van der Waals surface area contributed by atoms with E-state index in [0.29, 0.717) is 18.7 Å². The lowest BCUT2D eigenvalue weighted by molar-refractivity contribution is -0.139. The predicted molar refractivity (Wildman–Crippen MR) is 77.4 cm³/mol. The van der Waals surface area contributed by atoms with Crippen LogP contribution in [0.4, 0.5) is 4.79 Å². The van der Waals surface area contributed by atoms with Crippen LogP contribution < -0.4 is 5.32 Å². The first kappa shape index (κ1) is 15.8. The molecule has 0 saturated carbocycles. The van der Waals surface area contributed by atoms with E-state index < -0.39 is 18.0 Å². The van der Waals surface area contributed by atoms with Crippen molar-refractivity contribution in [2.75, 3.05) is 13.1 Å². The number of aliphatic carboxylic acids is 1. The van der Waals surface area contributed by atoms with Crippen molar-refractivity contribution in [1.29, 1.82) is 0 Å². The van der Waals surface area contributed by atoms with Gasteiger partial charge in [0, 0.05) is 13.1 Å². The monoisotopic (exact) mass is 276 g/mol. The third-order valence-electron chi connectivity index (χ3n) is 2.78. The molecule has 2 N–H and O–H groups in total. The van der Waals surface area contributed by atoms with Gasteiger partial charge in [0.25, 0.3) is 0 Å². The molecule has 0 spiro atoms. The van der Waals surface area contributed by atoms with Crippen molar-refractivity contribution in [2.24, 2.45) is 0 Å². The first-order chi connectivity index (χ1) is 9.45. The molecular weight excluding hydrogens is 256 g/mol. The van der Waals surface area contributed by atoms with Crippen LogP contribution in [0.5, 0.6) is 0 Å². The zero-order valence-electron chi connectivity index (χ0n) is 11.8. The standard InChI is InChI=1S/C15H20N2O3/c1-4-17(10-11(2)3)15(20)16-13(14(18)19)12-8-6-5-7-9-12/h5-9,13H,2,4,10H2,1,3H3,(H,16,20)(H,18,19)/t13-/m1/s1. The molecule has 20 heavy (non-hydrogen) atoms. The second kappa shape index (κ2) is 7.33. The maximum atomic E-state index is 12.1. The molecule has 0 fully saturated rings. The Morgan fingerprint density at radius 3 is 2.40 bits per heavy atom. The summed E-state index contributed by atoms with van der Waals surface area (Å²) in [6.45, 7) is 8.31. The number of carbonyl (C=O) groups excluding carboxylic acids is 1. The molecule has 1 atom stereocenters. The third kappa shape index (κ3) is 4.42. The van der Waals surface area contributed by atoms with Gasteiger partial charge in [0.05, 0.1) is 0 Å². The van der Waals surface area contributed by atoms with Crippen molar-refractivity contribution < 1.29 is 14.7 Å². The maximum absolute atomic E-state index is 12.1. The number of hydrogen-bond acceptors (Lipinski definition) is 2. The van der Waals surface area contributed by atoms with Crippen LogP contribution >= 0.6 is 0 Å². The smallest absolute Gasteiger partial charge is 0.330 e. The molecule has 0 aromatic heterocycles. The summed E-state index contributed by atoms with van der Waals surface area (Å²) in [4.78, 5) is 24.9. The van der Waals surface area contributed by atoms with E-state index in [1.54, 1.807) is 30.3 Å². The van der Waals surface area contributed by atoms with Crippen molar-refractivity contribution in [1.82, 2.24) is 10.2 Å². The number of rotatable bonds is 6. The summed E-state index contributed by atoms with van der Waals surface area (Å²) < 4.78 is 0. The highest BCUT2D eigenvalue weighted by molar-refractivity contribution is 5.83. The molecule has 0 radical (unpaired) electrons. The van der Waals surface area contributed by atoms with E-state index >= 15 is 0 Å². The number of likely N-dealkylation sites (N-methyl/N-ethyl adjacent to an activating group) is 1. The second-order valence-electron chi connectivity index (χ2n) is 4.60. The minimum Gasteiger partial charge on any atom is -0.479 e. The minimum absolute atomic E-state index is 0.406. The third-order valence-corrected chi connectivity index (χ3v) is 2.78. The van der Waals surface area contributed by atoms with E-state index in [2.05, 4.69) is 11.9 Å². The van der Waals surface area contributed by atoms with E-state index in [0.717, 1.165) is 5.57 Å². The lowest BCUT2D eigenvalue weighted by Crippen LogP contribution is -2.44. The normalized spacial score (nSPS) is 11.5. The van der Waals surface area contributed by atoms with E-state index in [1.807, 2.05) is 13.8 Å². The molecule has 0 aliphatic heterocycles. The summed E-state index contributed by atoms with van der Waals surface area (Å²) in [5, 5.41) is 11.8. The van der Waals surface area contributed by atoms with Gasteiger partial charge < -0.3 is 15.3 Å². The first-order valence-corrected chi connectivity index (χ1v) is 6.43. The van der Waals surface area contributed by atoms with Crippen LogP contribution in [-0.4, -0.2) is 35.1 Å². The number of nitrogens with zero attached hydrogens (tertiary/aromatic N) is 1. The summed E-state index contributed by atoms with van der Waals surface area (Å²) in [5.41, 5.74) is 1.38. The highest BCUT2D eigenvalue weighted by Crippen LogP contribution is 2.13. The molecule has 1 rings (SSSR count). The van der Waals surface area contributed by atoms with Crippen LogP contribution in [-0.2, 0) is 4.79 Å². The zero-order chi connectivity index (χ0) is 15.1. The van der Waals surface area contributed by atoms with Gasteiger partial charge in [0.1, 0.15) is 0 Å². The van der Waals surface area contributed by atoms with Crippen LogP contribution in [0.3, 0.4) is 0 Å². The van der Waals surface area contributed by atoms with Crippen LogP contribution in [0, 0.1) is 0 Å². The number of benzene rings is 1. The SMILES string of the molecule is C=C(C)CN(CC)C(=O)N[C@@H](C(=O)O)c1ccccc1. The lowest BCUT2D eigenvalue weighted by atomic mass is 10.1. The summed E-state index contributed by atoms with van der Waals surface area (Å²) in [5.74, 6) is -1.09. The van der Waals surface area contributed by atoms with Crippen molar-refractivity contribution in [2.45, 2.75) is 19.9 Å². The highest BCUT2D eigenvalue weighted by atomic mass is 16.4. The average Bonchev–Trinajstić information content (AvgIpc) is 2.42. The lowest BCUT2D eigenvalue weighted by Gasteiger charge is -2.24. The van der Waals surface area contributed by atoms with Gasteiger partial charge in [-0.1, -0.05) is 42.5 Å². The average molecular weight is 276 g/mol. The molecule has 5 heteroatoms. The Labute approximate surface area is 118 Å². The maximum Gasteiger partial charge on any atom is 0.330 e. The molecule has 0 aliphatic rings. The van der Waals surface area contributed by atoms with E-state index in [4.69, 9.17) is 0 Å². The molecular formula is C15H20N2O3. The number of carbonyl (C=O) groups is 2. The van der Waals surface area contributed by atoms with Gasteiger partial charge in [-0.25, -0.2) is 9.59 Å². The number of carboxylic acids is 1. The Bertz CT molecular complexity index is 485. The Morgan fingerprint density at radius 1 is 1.35 bits per heavy atom. The number of urea groups is 1. The summed E-state index contributed by atoms with van der Waals surface area (Å²) in [6.07, 6.45) is 0. The summed E-state index contributed by atoms with van der Waals surface area (Å²) in [6, 6.07) is 7.16. The second-order valence-corrected chi connectivity index (χ2v) is 4.60. The molecule has 1 aromatic rings. The number of nitrogens with one attached hydrogen (secondary N) is 1. The fraction of sp³-hybridized carbons (Fsp3) is 0.333. The summed E-state index contributed by atoms with van der Waals surface area (Å²) >= 11 is 0. The molecule has 0 bridgehead atoms. The predicted octanol–water partition coefficient (Wildman–Crippen LogP) is 2.42. The van der Waals surface area contributed by atoms with Gasteiger partial charge in [-0.3, -0.25) is 0 Å². The van der Waals surface area contributed by atoms with Crippen LogP contribution in [0.1, 0.15) is 25.5 Å².